The number of hydrazone groups is 1. The summed E-state index contributed by atoms with van der Waals surface area (Å²) in [6.45, 7) is 4.00. The highest BCUT2D eigenvalue weighted by Crippen LogP contribution is 2.29. The maximum Gasteiger partial charge on any atom is 0.329 e. The van der Waals surface area contributed by atoms with Crippen LogP contribution in [0.4, 0.5) is 5.69 Å². The van der Waals surface area contributed by atoms with Gasteiger partial charge in [0, 0.05) is 17.3 Å². The topological polar surface area (TPSA) is 137 Å². The molecule has 0 aliphatic rings. The number of hydrogen-bond acceptors (Lipinski definition) is 8. The molecule has 0 bridgehead atoms. The number of nitrogens with one attached hydrogen (secondary N) is 3. The molecule has 3 rings (SSSR count). The van der Waals surface area contributed by atoms with Crippen molar-refractivity contribution in [1.29, 1.82) is 0 Å². The van der Waals surface area contributed by atoms with Gasteiger partial charge in [-0.1, -0.05) is 23.7 Å². The average molecular weight is 597 g/mol. The molecule has 222 valence electrons. The molecular weight excluding hydrogens is 564 g/mol. The van der Waals surface area contributed by atoms with Crippen LogP contribution in [0.5, 0.6) is 23.0 Å². The summed E-state index contributed by atoms with van der Waals surface area (Å²) in [6.07, 6.45) is 1.84. The van der Waals surface area contributed by atoms with Gasteiger partial charge in [-0.3, -0.25) is 14.4 Å². The first-order chi connectivity index (χ1) is 20.2. The minimum atomic E-state index is -0.913. The van der Waals surface area contributed by atoms with E-state index in [1.165, 1.54) is 6.21 Å². The van der Waals surface area contributed by atoms with E-state index in [-0.39, 0.29) is 19.1 Å². The molecule has 3 N–H and O–H groups in total. The van der Waals surface area contributed by atoms with E-state index < -0.39 is 11.8 Å². The van der Waals surface area contributed by atoms with E-state index in [4.69, 9.17) is 30.5 Å². The zero-order valence-corrected chi connectivity index (χ0v) is 24.5. The van der Waals surface area contributed by atoms with E-state index in [0.717, 1.165) is 11.1 Å². The molecule has 11 nitrogen and oxygen atoms in total. The lowest BCUT2D eigenvalue weighted by molar-refractivity contribution is -0.139. The number of amides is 3. The summed E-state index contributed by atoms with van der Waals surface area (Å²) >= 11 is 6.01. The molecule has 3 aromatic rings. The number of carbonyl (C=O) groups excluding carboxylic acids is 3. The minimum absolute atomic E-state index is 0.237. The Hall–Kier alpha value is -4.77. The van der Waals surface area contributed by atoms with Gasteiger partial charge in [0.2, 0.25) is 0 Å². The van der Waals surface area contributed by atoms with Crippen molar-refractivity contribution in [3.05, 3.63) is 76.3 Å². The third-order valence-electron chi connectivity index (χ3n) is 5.83. The third kappa shape index (κ3) is 9.41. The predicted octanol–water partition coefficient (Wildman–Crippen LogP) is 3.89. The lowest BCUT2D eigenvalue weighted by Crippen LogP contribution is -2.38. The van der Waals surface area contributed by atoms with Crippen LogP contribution in [-0.4, -0.2) is 57.9 Å². The fraction of sp³-hybridized carbons (Fsp3) is 0.267. The zero-order valence-electron chi connectivity index (χ0n) is 23.8. The Morgan fingerprint density at radius 1 is 0.881 bits per heavy atom. The molecular formula is C30H33ClN4O7. The number of methoxy groups -OCH3 is 2. The second-order valence-corrected chi connectivity index (χ2v) is 9.27. The Morgan fingerprint density at radius 3 is 2.38 bits per heavy atom. The van der Waals surface area contributed by atoms with E-state index in [9.17, 15) is 14.4 Å². The maximum absolute atomic E-state index is 12.4. The number of anilines is 1. The van der Waals surface area contributed by atoms with E-state index in [1.54, 1.807) is 56.7 Å². The summed E-state index contributed by atoms with van der Waals surface area (Å²) in [6, 6.07) is 15.6. The Morgan fingerprint density at radius 2 is 1.64 bits per heavy atom. The molecule has 0 saturated carbocycles. The van der Waals surface area contributed by atoms with E-state index in [0.29, 0.717) is 52.3 Å². The summed E-state index contributed by atoms with van der Waals surface area (Å²) in [7, 11) is 3.09. The molecule has 0 spiro atoms. The van der Waals surface area contributed by atoms with Crippen LogP contribution in [0.1, 0.15) is 23.6 Å². The Kier molecular flexibility index (Phi) is 12.0. The average Bonchev–Trinajstić information content (AvgIpc) is 2.98. The lowest BCUT2D eigenvalue weighted by Gasteiger charge is -2.13. The second kappa shape index (κ2) is 15.9. The monoisotopic (exact) mass is 596 g/mol. The van der Waals surface area contributed by atoms with Crippen LogP contribution in [0.15, 0.2) is 59.7 Å². The van der Waals surface area contributed by atoms with Crippen LogP contribution in [0.25, 0.3) is 0 Å². The highest BCUT2D eigenvalue weighted by atomic mass is 35.5. The zero-order chi connectivity index (χ0) is 30.5. The molecule has 12 heteroatoms. The molecule has 0 fully saturated rings. The Balaban J connectivity index is 1.49. The van der Waals surface area contributed by atoms with Gasteiger partial charge in [0.05, 0.1) is 27.0 Å². The van der Waals surface area contributed by atoms with Crippen molar-refractivity contribution in [2.45, 2.75) is 20.3 Å². The van der Waals surface area contributed by atoms with Crippen LogP contribution >= 0.6 is 11.6 Å². The van der Waals surface area contributed by atoms with Crippen LogP contribution < -0.4 is 35.0 Å². The Bertz CT molecular complexity index is 1450. The number of ether oxygens (including phenoxy) is 4. The number of benzene rings is 3. The van der Waals surface area contributed by atoms with Gasteiger partial charge in [-0.05, 0) is 79.4 Å². The van der Waals surface area contributed by atoms with Crippen LogP contribution in [0.3, 0.4) is 0 Å². The van der Waals surface area contributed by atoms with Crippen molar-refractivity contribution in [2.24, 2.45) is 5.10 Å². The SMILES string of the molecule is CCOc1cc(/C=N\NC(=O)C(=O)NCCc2ccc(OC)c(OC)c2)ccc1OCC(=O)Nc1cc(Cl)ccc1C. The molecule has 0 unspecified atom stereocenters. The van der Waals surface area contributed by atoms with Gasteiger partial charge in [-0.25, -0.2) is 5.43 Å². The smallest absolute Gasteiger partial charge is 0.329 e. The van der Waals surface area contributed by atoms with Gasteiger partial charge in [0.15, 0.2) is 29.6 Å². The molecule has 42 heavy (non-hydrogen) atoms. The van der Waals surface area contributed by atoms with Gasteiger partial charge in [-0.2, -0.15) is 5.10 Å². The molecule has 0 atom stereocenters. The summed E-state index contributed by atoms with van der Waals surface area (Å²) in [5.41, 5.74) is 5.13. The number of halogens is 1. The van der Waals surface area contributed by atoms with Gasteiger partial charge < -0.3 is 29.6 Å². The molecule has 3 amide bonds. The van der Waals surface area contributed by atoms with E-state index in [1.807, 2.05) is 26.0 Å². The van der Waals surface area contributed by atoms with Crippen LogP contribution in [0, 0.1) is 6.92 Å². The molecule has 3 aromatic carbocycles. The first-order valence-electron chi connectivity index (χ1n) is 13.0. The number of aryl methyl sites for hydroxylation is 1. The number of rotatable bonds is 13. The van der Waals surface area contributed by atoms with Crippen molar-refractivity contribution in [1.82, 2.24) is 10.7 Å². The summed E-state index contributed by atoms with van der Waals surface area (Å²) in [5.74, 6) is -0.182. The highest BCUT2D eigenvalue weighted by molar-refractivity contribution is 6.35. The Labute approximate surface area is 249 Å². The standard InChI is InChI=1S/C30H33ClN4O7/c1-5-41-27-15-21(8-11-25(27)42-18-28(36)34-23-16-22(31)9-6-19(23)2)17-33-35-30(38)29(37)32-13-12-20-7-10-24(39-3)26(14-20)40-4/h6-11,14-17H,5,12-13,18H2,1-4H3,(H,32,37)(H,34,36)(H,35,38)/b33-17-. The molecule has 0 radical (unpaired) electrons. The van der Waals surface area contributed by atoms with Crippen molar-refractivity contribution >= 4 is 41.2 Å². The molecule has 0 aliphatic heterocycles. The van der Waals surface area contributed by atoms with E-state index >= 15 is 0 Å². The maximum atomic E-state index is 12.4. The van der Waals surface area contributed by atoms with Crippen LogP contribution in [-0.2, 0) is 20.8 Å². The minimum Gasteiger partial charge on any atom is -0.493 e. The first-order valence-corrected chi connectivity index (χ1v) is 13.4. The fourth-order valence-corrected chi connectivity index (χ4v) is 3.88. The fourth-order valence-electron chi connectivity index (χ4n) is 3.70. The number of carbonyl (C=O) groups is 3. The van der Waals surface area contributed by atoms with E-state index in [2.05, 4.69) is 21.2 Å². The van der Waals surface area contributed by atoms with Gasteiger partial charge in [0.25, 0.3) is 5.91 Å². The summed E-state index contributed by atoms with van der Waals surface area (Å²) < 4.78 is 21.8. The van der Waals surface area contributed by atoms with Crippen molar-refractivity contribution in [2.75, 3.05) is 39.3 Å². The summed E-state index contributed by atoms with van der Waals surface area (Å²) in [4.78, 5) is 36.7. The van der Waals surface area contributed by atoms with Gasteiger partial charge >= 0.3 is 11.8 Å². The molecule has 0 saturated heterocycles. The summed E-state index contributed by atoms with van der Waals surface area (Å²) in [5, 5.41) is 9.68. The molecule has 0 aliphatic carbocycles. The first kappa shape index (κ1) is 31.8. The van der Waals surface area contributed by atoms with Crippen molar-refractivity contribution in [3.63, 3.8) is 0 Å². The predicted molar refractivity (Wildman–Crippen MR) is 160 cm³/mol. The highest BCUT2D eigenvalue weighted by Gasteiger charge is 2.13. The number of nitrogens with zero attached hydrogens (tertiary/aromatic N) is 1. The van der Waals surface area contributed by atoms with Crippen LogP contribution in [0.2, 0.25) is 5.02 Å². The normalized spacial score (nSPS) is 10.6. The molecule has 0 aromatic heterocycles. The van der Waals surface area contributed by atoms with Crippen molar-refractivity contribution in [3.8, 4) is 23.0 Å². The molecule has 0 heterocycles. The quantitative estimate of drug-likeness (QED) is 0.155. The third-order valence-corrected chi connectivity index (χ3v) is 6.07. The van der Waals surface area contributed by atoms with Gasteiger partial charge in [0.1, 0.15) is 0 Å². The van der Waals surface area contributed by atoms with Gasteiger partial charge in [-0.15, -0.1) is 0 Å². The van der Waals surface area contributed by atoms with Crippen molar-refractivity contribution < 1.29 is 33.3 Å². The largest absolute Gasteiger partial charge is 0.493 e. The lowest BCUT2D eigenvalue weighted by atomic mass is 10.1. The second-order valence-electron chi connectivity index (χ2n) is 8.83. The number of hydrogen-bond donors (Lipinski definition) is 3.